The van der Waals surface area contributed by atoms with Crippen molar-refractivity contribution < 1.29 is 4.79 Å². The molecule has 0 unspecified atom stereocenters. The Morgan fingerprint density at radius 2 is 2.50 bits per heavy atom. The third-order valence-electron chi connectivity index (χ3n) is 3.58. The summed E-state index contributed by atoms with van der Waals surface area (Å²) < 4.78 is 0. The van der Waals surface area contributed by atoms with E-state index in [9.17, 15) is 10.1 Å². The van der Waals surface area contributed by atoms with Crippen molar-refractivity contribution in [2.45, 2.75) is 30.5 Å². The number of nitrogens with zero attached hydrogens (tertiary/aromatic N) is 3. The van der Waals surface area contributed by atoms with Gasteiger partial charge in [0.05, 0.1) is 16.7 Å². The molecule has 114 valence electrons. The van der Waals surface area contributed by atoms with Gasteiger partial charge in [0.1, 0.15) is 5.54 Å². The number of aromatic nitrogens is 3. The van der Waals surface area contributed by atoms with Crippen LogP contribution in [0.2, 0.25) is 0 Å². The zero-order chi connectivity index (χ0) is 15.6. The molecular weight excluding hydrogens is 318 g/mol. The fraction of sp³-hybridized carbons (Fsp3) is 0.429. The molecule has 0 saturated heterocycles. The van der Waals surface area contributed by atoms with Crippen molar-refractivity contribution in [1.29, 1.82) is 5.26 Å². The molecule has 6 nitrogen and oxygen atoms in total. The van der Waals surface area contributed by atoms with Crippen LogP contribution in [0.1, 0.15) is 19.8 Å². The fourth-order valence-electron chi connectivity index (χ4n) is 2.17. The molecule has 2 heterocycles. The van der Waals surface area contributed by atoms with E-state index >= 15 is 0 Å². The fourth-order valence-corrected chi connectivity index (χ4v) is 3.43. The van der Waals surface area contributed by atoms with E-state index in [0.717, 1.165) is 17.7 Å². The lowest BCUT2D eigenvalue weighted by Gasteiger charge is -2.22. The van der Waals surface area contributed by atoms with Gasteiger partial charge in [0.25, 0.3) is 0 Å². The zero-order valence-corrected chi connectivity index (χ0v) is 13.6. The quantitative estimate of drug-likeness (QED) is 0.792. The van der Waals surface area contributed by atoms with Crippen molar-refractivity contribution in [3.63, 3.8) is 0 Å². The Morgan fingerprint density at radius 1 is 1.68 bits per heavy atom. The van der Waals surface area contributed by atoms with Gasteiger partial charge < -0.3 is 5.32 Å². The SMILES string of the molecule is C[C@](C#N)(NC(=O)CSc1n[nH]c(-c2cccs2)n1)C1CC1. The van der Waals surface area contributed by atoms with E-state index in [1.54, 1.807) is 18.3 Å². The Morgan fingerprint density at radius 3 is 3.14 bits per heavy atom. The number of amides is 1. The van der Waals surface area contributed by atoms with Gasteiger partial charge in [-0.25, -0.2) is 4.98 Å². The number of nitriles is 1. The van der Waals surface area contributed by atoms with Gasteiger partial charge in [0.2, 0.25) is 11.1 Å². The van der Waals surface area contributed by atoms with Gasteiger partial charge in [0.15, 0.2) is 5.82 Å². The lowest BCUT2D eigenvalue weighted by atomic mass is 9.98. The monoisotopic (exact) mass is 333 g/mol. The first kappa shape index (κ1) is 15.1. The molecule has 0 radical (unpaired) electrons. The summed E-state index contributed by atoms with van der Waals surface area (Å²) in [6, 6.07) is 6.12. The Balaban J connectivity index is 1.54. The van der Waals surface area contributed by atoms with E-state index in [2.05, 4.69) is 26.6 Å². The Hall–Kier alpha value is -1.85. The standard InChI is InChI=1S/C14H15N5OS2/c1-14(8-15,9-4-5-9)17-11(20)7-22-13-16-12(18-19-13)10-3-2-6-21-10/h2-3,6,9H,4-5,7H2,1H3,(H,17,20)(H,16,18,19)/t14-/m1/s1. The van der Waals surface area contributed by atoms with Crippen molar-refractivity contribution in [2.75, 3.05) is 5.75 Å². The van der Waals surface area contributed by atoms with Crippen molar-refractivity contribution in [3.8, 4) is 16.8 Å². The van der Waals surface area contributed by atoms with Crippen LogP contribution < -0.4 is 5.32 Å². The normalized spacial score (nSPS) is 16.7. The van der Waals surface area contributed by atoms with Gasteiger partial charge in [0, 0.05) is 0 Å². The minimum Gasteiger partial charge on any atom is -0.337 e. The van der Waals surface area contributed by atoms with Crippen molar-refractivity contribution in [3.05, 3.63) is 17.5 Å². The second-order valence-electron chi connectivity index (χ2n) is 5.37. The van der Waals surface area contributed by atoms with Crippen LogP contribution in [0.25, 0.3) is 10.7 Å². The lowest BCUT2D eigenvalue weighted by Crippen LogP contribution is -2.47. The highest BCUT2D eigenvalue weighted by atomic mass is 32.2. The highest BCUT2D eigenvalue weighted by Crippen LogP contribution is 2.39. The lowest BCUT2D eigenvalue weighted by molar-refractivity contribution is -0.119. The topological polar surface area (TPSA) is 94.5 Å². The molecule has 1 aliphatic rings. The minimum atomic E-state index is -0.751. The molecule has 1 fully saturated rings. The molecule has 1 saturated carbocycles. The second-order valence-corrected chi connectivity index (χ2v) is 7.26. The first-order valence-electron chi connectivity index (χ1n) is 6.92. The number of hydrogen-bond acceptors (Lipinski definition) is 6. The molecule has 0 aliphatic heterocycles. The van der Waals surface area contributed by atoms with Crippen LogP contribution in [0.15, 0.2) is 22.7 Å². The van der Waals surface area contributed by atoms with Crippen molar-refractivity contribution in [2.24, 2.45) is 5.92 Å². The van der Waals surface area contributed by atoms with E-state index in [1.165, 1.54) is 11.8 Å². The number of rotatable bonds is 6. The van der Waals surface area contributed by atoms with Gasteiger partial charge in [-0.15, -0.1) is 16.4 Å². The first-order chi connectivity index (χ1) is 10.6. The molecule has 2 aromatic rings. The number of H-pyrrole nitrogens is 1. The molecule has 0 aromatic carbocycles. The van der Waals surface area contributed by atoms with E-state index in [1.807, 2.05) is 17.5 Å². The zero-order valence-electron chi connectivity index (χ0n) is 12.0. The van der Waals surface area contributed by atoms with Crippen LogP contribution in [-0.2, 0) is 4.79 Å². The highest BCUT2D eigenvalue weighted by Gasteiger charge is 2.42. The molecule has 0 bridgehead atoms. The molecule has 2 aromatic heterocycles. The summed E-state index contributed by atoms with van der Waals surface area (Å²) in [4.78, 5) is 17.4. The van der Waals surface area contributed by atoms with Gasteiger partial charge >= 0.3 is 0 Å². The number of thioether (sulfide) groups is 1. The van der Waals surface area contributed by atoms with E-state index < -0.39 is 5.54 Å². The summed E-state index contributed by atoms with van der Waals surface area (Å²) in [7, 11) is 0. The van der Waals surface area contributed by atoms with Gasteiger partial charge in [-0.1, -0.05) is 17.8 Å². The average Bonchev–Trinajstić information content (AvgIpc) is 3.04. The Kier molecular flexibility index (Phi) is 4.18. The third kappa shape index (κ3) is 3.31. The maximum Gasteiger partial charge on any atom is 0.231 e. The summed E-state index contributed by atoms with van der Waals surface area (Å²) in [5, 5.41) is 21.5. The summed E-state index contributed by atoms with van der Waals surface area (Å²) in [6.07, 6.45) is 2.01. The Bertz CT molecular complexity index is 701. The number of carbonyl (C=O) groups excluding carboxylic acids is 1. The molecule has 8 heteroatoms. The number of hydrogen-bond donors (Lipinski definition) is 2. The molecule has 2 N–H and O–H groups in total. The number of carbonyl (C=O) groups is 1. The van der Waals surface area contributed by atoms with Crippen LogP contribution in [-0.4, -0.2) is 32.4 Å². The first-order valence-corrected chi connectivity index (χ1v) is 8.78. The predicted molar refractivity (Wildman–Crippen MR) is 85.3 cm³/mol. The van der Waals surface area contributed by atoms with Crippen LogP contribution >= 0.6 is 23.1 Å². The molecule has 1 atom stereocenters. The van der Waals surface area contributed by atoms with Crippen molar-refractivity contribution >= 4 is 29.0 Å². The molecule has 0 spiro atoms. The van der Waals surface area contributed by atoms with E-state index in [4.69, 9.17) is 0 Å². The maximum atomic E-state index is 12.0. The third-order valence-corrected chi connectivity index (χ3v) is 5.30. The van der Waals surface area contributed by atoms with E-state index in [-0.39, 0.29) is 17.6 Å². The summed E-state index contributed by atoms with van der Waals surface area (Å²) >= 11 is 2.84. The van der Waals surface area contributed by atoms with E-state index in [0.29, 0.717) is 11.0 Å². The molecule has 1 amide bonds. The summed E-state index contributed by atoms with van der Waals surface area (Å²) in [5.74, 6) is 1.02. The Labute approximate surface area is 136 Å². The molecular formula is C14H15N5OS2. The highest BCUT2D eigenvalue weighted by molar-refractivity contribution is 7.99. The van der Waals surface area contributed by atoms with Crippen LogP contribution in [0.3, 0.4) is 0 Å². The number of nitrogens with one attached hydrogen (secondary N) is 2. The molecule has 1 aliphatic carbocycles. The number of thiophene rings is 1. The summed E-state index contributed by atoms with van der Waals surface area (Å²) in [6.45, 7) is 1.79. The van der Waals surface area contributed by atoms with Crippen LogP contribution in [0, 0.1) is 17.2 Å². The minimum absolute atomic E-state index is 0.163. The average molecular weight is 333 g/mol. The van der Waals surface area contributed by atoms with Crippen LogP contribution in [0.5, 0.6) is 0 Å². The van der Waals surface area contributed by atoms with Gasteiger partial charge in [-0.2, -0.15) is 5.26 Å². The number of aromatic amines is 1. The maximum absolute atomic E-state index is 12.0. The summed E-state index contributed by atoms with van der Waals surface area (Å²) in [5.41, 5.74) is -0.751. The van der Waals surface area contributed by atoms with Crippen molar-refractivity contribution in [1.82, 2.24) is 20.5 Å². The largest absolute Gasteiger partial charge is 0.337 e. The molecule has 3 rings (SSSR count). The van der Waals surface area contributed by atoms with Gasteiger partial charge in [-0.05, 0) is 37.1 Å². The van der Waals surface area contributed by atoms with Crippen LogP contribution in [0.4, 0.5) is 0 Å². The molecule has 22 heavy (non-hydrogen) atoms. The second kappa shape index (κ2) is 6.10. The van der Waals surface area contributed by atoms with Gasteiger partial charge in [-0.3, -0.25) is 9.89 Å². The smallest absolute Gasteiger partial charge is 0.231 e. The predicted octanol–water partition coefficient (Wildman–Crippen LogP) is 2.43.